The number of morpholine rings is 1. The molecular formula is C11H15N3O5S. The Morgan fingerprint density at radius 3 is 2.80 bits per heavy atom. The van der Waals surface area contributed by atoms with Crippen LogP contribution in [0, 0.1) is 17.0 Å². The van der Waals surface area contributed by atoms with Gasteiger partial charge in [-0.1, -0.05) is 6.07 Å². The first kappa shape index (κ1) is 14.9. The van der Waals surface area contributed by atoms with Crippen molar-refractivity contribution in [3.05, 3.63) is 33.9 Å². The van der Waals surface area contributed by atoms with E-state index in [2.05, 4.69) is 0 Å². The van der Waals surface area contributed by atoms with Gasteiger partial charge in [-0.3, -0.25) is 10.1 Å². The number of nitro groups is 1. The van der Waals surface area contributed by atoms with E-state index in [0.717, 1.165) is 10.4 Å². The molecule has 2 rings (SSSR count). The number of hydrogen-bond donors (Lipinski definition) is 1. The maximum Gasteiger partial charge on any atom is 0.273 e. The Bertz CT molecular complexity index is 631. The number of benzene rings is 1. The average Bonchev–Trinajstić information content (AvgIpc) is 2.38. The number of rotatable bonds is 3. The molecule has 1 fully saturated rings. The molecule has 20 heavy (non-hydrogen) atoms. The Balaban J connectivity index is 2.44. The second-order valence-corrected chi connectivity index (χ2v) is 6.35. The number of aryl methyl sites for hydroxylation is 1. The van der Waals surface area contributed by atoms with Gasteiger partial charge in [0.05, 0.1) is 29.2 Å². The third-order valence-corrected chi connectivity index (χ3v) is 5.02. The predicted molar refractivity (Wildman–Crippen MR) is 70.5 cm³/mol. The smallest absolute Gasteiger partial charge is 0.273 e. The van der Waals surface area contributed by atoms with Crippen LogP contribution in [0.2, 0.25) is 0 Å². The first-order valence-corrected chi connectivity index (χ1v) is 7.38. The molecule has 0 amide bonds. The van der Waals surface area contributed by atoms with Gasteiger partial charge in [-0.05, 0) is 13.0 Å². The molecule has 0 saturated carbocycles. The molecule has 0 radical (unpaired) electrons. The minimum absolute atomic E-state index is 0.104. The van der Waals surface area contributed by atoms with Crippen LogP contribution in [-0.4, -0.2) is 43.6 Å². The molecule has 0 aromatic heterocycles. The normalized spacial score (nSPS) is 20.8. The average molecular weight is 301 g/mol. The molecular weight excluding hydrogens is 286 g/mol. The molecule has 1 aliphatic rings. The zero-order valence-corrected chi connectivity index (χ0v) is 11.7. The summed E-state index contributed by atoms with van der Waals surface area (Å²) in [5.74, 6) is 0. The van der Waals surface area contributed by atoms with E-state index < -0.39 is 21.1 Å². The number of ether oxygens (including phenoxy) is 1. The molecule has 9 heteroatoms. The first-order valence-electron chi connectivity index (χ1n) is 5.94. The predicted octanol–water partition coefficient (Wildman–Crippen LogP) is 0.209. The van der Waals surface area contributed by atoms with Crippen LogP contribution in [0.5, 0.6) is 0 Å². The fourth-order valence-electron chi connectivity index (χ4n) is 1.99. The lowest BCUT2D eigenvalue weighted by molar-refractivity contribution is -0.385. The first-order chi connectivity index (χ1) is 9.34. The number of sulfonamides is 1. The largest absolute Gasteiger partial charge is 0.377 e. The van der Waals surface area contributed by atoms with E-state index in [1.54, 1.807) is 6.92 Å². The molecule has 0 spiro atoms. The Kier molecular flexibility index (Phi) is 4.04. The van der Waals surface area contributed by atoms with Crippen LogP contribution in [0.25, 0.3) is 0 Å². The molecule has 1 aliphatic heterocycles. The van der Waals surface area contributed by atoms with E-state index in [0.29, 0.717) is 5.56 Å². The number of nitrogens with zero attached hydrogens (tertiary/aromatic N) is 2. The highest BCUT2D eigenvalue weighted by molar-refractivity contribution is 7.89. The summed E-state index contributed by atoms with van der Waals surface area (Å²) in [6, 6.07) is 3.82. The van der Waals surface area contributed by atoms with Gasteiger partial charge in [0.1, 0.15) is 0 Å². The molecule has 1 heterocycles. The number of nitrogens with two attached hydrogens (primary N) is 1. The van der Waals surface area contributed by atoms with Crippen LogP contribution in [0.15, 0.2) is 23.1 Å². The summed E-state index contributed by atoms with van der Waals surface area (Å²) in [5, 5.41) is 10.9. The monoisotopic (exact) mass is 301 g/mol. The van der Waals surface area contributed by atoms with Crippen molar-refractivity contribution in [3.8, 4) is 0 Å². The highest BCUT2D eigenvalue weighted by Crippen LogP contribution is 2.25. The third kappa shape index (κ3) is 2.66. The van der Waals surface area contributed by atoms with E-state index in [9.17, 15) is 18.5 Å². The van der Waals surface area contributed by atoms with Gasteiger partial charge >= 0.3 is 0 Å². The second kappa shape index (κ2) is 5.44. The van der Waals surface area contributed by atoms with Crippen molar-refractivity contribution >= 4 is 15.7 Å². The van der Waals surface area contributed by atoms with Crippen LogP contribution in [0.4, 0.5) is 5.69 Å². The zero-order chi connectivity index (χ0) is 14.9. The van der Waals surface area contributed by atoms with Crippen LogP contribution in [-0.2, 0) is 14.8 Å². The lowest BCUT2D eigenvalue weighted by atomic mass is 10.2. The maximum absolute atomic E-state index is 12.5. The van der Waals surface area contributed by atoms with Crippen LogP contribution in [0.3, 0.4) is 0 Å². The molecule has 1 aromatic rings. The quantitative estimate of drug-likeness (QED) is 0.630. The van der Waals surface area contributed by atoms with Crippen molar-refractivity contribution < 1.29 is 18.1 Å². The Morgan fingerprint density at radius 2 is 2.20 bits per heavy atom. The lowest BCUT2D eigenvalue weighted by Crippen LogP contribution is -2.53. The Morgan fingerprint density at radius 1 is 1.50 bits per heavy atom. The zero-order valence-electron chi connectivity index (χ0n) is 10.9. The Hall–Kier alpha value is -1.55. The maximum atomic E-state index is 12.5. The second-order valence-electron chi connectivity index (χ2n) is 4.46. The van der Waals surface area contributed by atoms with Crippen molar-refractivity contribution in [1.29, 1.82) is 0 Å². The van der Waals surface area contributed by atoms with Crippen molar-refractivity contribution in [3.63, 3.8) is 0 Å². The van der Waals surface area contributed by atoms with Crippen molar-refractivity contribution in [2.45, 2.75) is 18.0 Å². The molecule has 1 saturated heterocycles. The molecule has 8 nitrogen and oxygen atoms in total. The van der Waals surface area contributed by atoms with E-state index in [1.165, 1.54) is 12.1 Å². The van der Waals surface area contributed by atoms with Crippen LogP contribution >= 0.6 is 0 Å². The standard InChI is InChI=1S/C11H15N3O5S/c1-8-2-3-9(6-10(8)14(15)16)20(17,18)13-4-5-19-7-11(13)12/h2-3,6,11H,4-5,7,12H2,1H3. The molecule has 2 N–H and O–H groups in total. The van der Waals surface area contributed by atoms with E-state index in [1.807, 2.05) is 0 Å². The van der Waals surface area contributed by atoms with E-state index in [4.69, 9.17) is 10.5 Å². The fourth-order valence-corrected chi connectivity index (χ4v) is 3.49. The van der Waals surface area contributed by atoms with Gasteiger partial charge in [-0.25, -0.2) is 8.42 Å². The SMILES string of the molecule is Cc1ccc(S(=O)(=O)N2CCOCC2N)cc1[N+](=O)[O-]. The van der Waals surface area contributed by atoms with Gasteiger partial charge in [0.15, 0.2) is 0 Å². The molecule has 1 atom stereocenters. The third-order valence-electron chi connectivity index (χ3n) is 3.10. The van der Waals surface area contributed by atoms with Gasteiger partial charge in [0, 0.05) is 18.2 Å². The van der Waals surface area contributed by atoms with Crippen molar-refractivity contribution in [2.75, 3.05) is 19.8 Å². The van der Waals surface area contributed by atoms with Crippen molar-refractivity contribution in [2.24, 2.45) is 5.73 Å². The fraction of sp³-hybridized carbons (Fsp3) is 0.455. The minimum atomic E-state index is -3.86. The lowest BCUT2D eigenvalue weighted by Gasteiger charge is -2.31. The molecule has 0 aliphatic carbocycles. The van der Waals surface area contributed by atoms with Crippen molar-refractivity contribution in [1.82, 2.24) is 4.31 Å². The summed E-state index contributed by atoms with van der Waals surface area (Å²) < 4.78 is 31.1. The molecule has 0 bridgehead atoms. The summed E-state index contributed by atoms with van der Waals surface area (Å²) in [6.45, 7) is 2.04. The van der Waals surface area contributed by atoms with Gasteiger partial charge in [0.2, 0.25) is 10.0 Å². The number of nitro benzene ring substituents is 1. The number of hydrogen-bond acceptors (Lipinski definition) is 6. The summed E-state index contributed by atoms with van der Waals surface area (Å²) in [4.78, 5) is 10.2. The van der Waals surface area contributed by atoms with Crippen LogP contribution < -0.4 is 5.73 Å². The van der Waals surface area contributed by atoms with Crippen LogP contribution in [0.1, 0.15) is 5.56 Å². The summed E-state index contributed by atoms with van der Waals surface area (Å²) in [5.41, 5.74) is 5.89. The Labute approximate surface area is 116 Å². The van der Waals surface area contributed by atoms with Gasteiger partial charge in [-0.15, -0.1) is 0 Å². The molecule has 1 aromatic carbocycles. The van der Waals surface area contributed by atoms with Gasteiger partial charge < -0.3 is 10.5 Å². The highest BCUT2D eigenvalue weighted by atomic mass is 32.2. The molecule has 1 unspecified atom stereocenters. The summed E-state index contributed by atoms with van der Waals surface area (Å²) in [7, 11) is -3.86. The van der Waals surface area contributed by atoms with E-state index in [-0.39, 0.29) is 30.3 Å². The van der Waals surface area contributed by atoms with Gasteiger partial charge in [0.25, 0.3) is 5.69 Å². The van der Waals surface area contributed by atoms with E-state index >= 15 is 0 Å². The summed E-state index contributed by atoms with van der Waals surface area (Å²) >= 11 is 0. The topological polar surface area (TPSA) is 116 Å². The van der Waals surface area contributed by atoms with Gasteiger partial charge in [-0.2, -0.15) is 4.31 Å². The highest BCUT2D eigenvalue weighted by Gasteiger charge is 2.33. The molecule has 110 valence electrons. The summed E-state index contributed by atoms with van der Waals surface area (Å²) in [6.07, 6.45) is -0.783. The minimum Gasteiger partial charge on any atom is -0.377 e.